The lowest BCUT2D eigenvalue weighted by molar-refractivity contribution is -0.162. The zero-order valence-corrected chi connectivity index (χ0v) is 26.9. The summed E-state index contributed by atoms with van der Waals surface area (Å²) in [6.07, 6.45) is 6.26. The Kier molecular flexibility index (Phi) is 9.38. The van der Waals surface area contributed by atoms with E-state index in [1.54, 1.807) is 11.0 Å². The summed E-state index contributed by atoms with van der Waals surface area (Å²) >= 11 is 0. The van der Waals surface area contributed by atoms with Crippen molar-refractivity contribution in [1.29, 1.82) is 0 Å². The molecule has 8 heteroatoms. The van der Waals surface area contributed by atoms with Crippen molar-refractivity contribution in [2.45, 2.75) is 76.7 Å². The van der Waals surface area contributed by atoms with E-state index < -0.39 is 47.7 Å². The van der Waals surface area contributed by atoms with Crippen LogP contribution >= 0.6 is 0 Å². The lowest BCUT2D eigenvalue weighted by Gasteiger charge is -2.40. The fourth-order valence-electron chi connectivity index (χ4n) is 7.93. The Bertz CT molecular complexity index is 1460. The second kappa shape index (κ2) is 12.9. The molecular weight excluding hydrogens is 568 g/mol. The van der Waals surface area contributed by atoms with Gasteiger partial charge in [-0.3, -0.25) is 14.4 Å². The monoisotopic (exact) mass is 614 g/mol. The molecule has 240 valence electrons. The van der Waals surface area contributed by atoms with Crippen molar-refractivity contribution >= 4 is 23.5 Å². The minimum Gasteiger partial charge on any atom is -0.465 e. The molecule has 2 amide bonds. The Morgan fingerprint density at radius 2 is 1.89 bits per heavy atom. The van der Waals surface area contributed by atoms with Crippen LogP contribution in [0, 0.1) is 31.6 Å². The van der Waals surface area contributed by atoms with E-state index in [-0.39, 0.29) is 30.9 Å². The highest BCUT2D eigenvalue weighted by Crippen LogP contribution is 2.66. The minimum atomic E-state index is -1.28. The fourth-order valence-corrected chi connectivity index (χ4v) is 7.93. The molecule has 8 nitrogen and oxygen atoms in total. The Morgan fingerprint density at radius 1 is 1.16 bits per heavy atom. The summed E-state index contributed by atoms with van der Waals surface area (Å²) in [5.41, 5.74) is 1.02. The van der Waals surface area contributed by atoms with E-state index in [2.05, 4.69) is 13.2 Å². The number of aliphatic hydroxyl groups excluding tert-OH is 1. The highest BCUT2D eigenvalue weighted by molar-refractivity contribution is 6.05. The molecule has 2 aromatic carbocycles. The van der Waals surface area contributed by atoms with Crippen molar-refractivity contribution in [2.75, 3.05) is 24.7 Å². The molecule has 1 N–H and O–H groups in total. The number of anilines is 1. The van der Waals surface area contributed by atoms with Gasteiger partial charge in [-0.05, 0) is 75.1 Å². The summed E-state index contributed by atoms with van der Waals surface area (Å²) in [5, 5.41) is 10.8. The Labute approximate surface area is 266 Å². The molecule has 0 aliphatic carbocycles. The normalized spacial score (nSPS) is 28.9. The number of esters is 1. The number of rotatable bonds is 13. The van der Waals surface area contributed by atoms with Gasteiger partial charge in [0, 0.05) is 12.2 Å². The summed E-state index contributed by atoms with van der Waals surface area (Å²) < 4.78 is 12.7. The molecule has 3 aliphatic heterocycles. The number of ether oxygens (including phenoxy) is 2. The predicted molar refractivity (Wildman–Crippen MR) is 173 cm³/mol. The van der Waals surface area contributed by atoms with Gasteiger partial charge in [0.1, 0.15) is 17.6 Å². The average Bonchev–Trinajstić information content (AvgIpc) is 3.54. The van der Waals surface area contributed by atoms with E-state index in [0.29, 0.717) is 18.4 Å². The molecule has 0 saturated carbocycles. The molecule has 0 radical (unpaired) electrons. The molecule has 5 rings (SSSR count). The largest absolute Gasteiger partial charge is 0.465 e. The van der Waals surface area contributed by atoms with Crippen molar-refractivity contribution in [3.8, 4) is 0 Å². The number of hydrogen-bond acceptors (Lipinski definition) is 6. The molecule has 3 heterocycles. The van der Waals surface area contributed by atoms with Crippen LogP contribution in [0.25, 0.3) is 0 Å². The molecule has 2 bridgehead atoms. The summed E-state index contributed by atoms with van der Waals surface area (Å²) in [6.45, 7) is 15.5. The number of aryl methyl sites for hydroxylation is 2. The predicted octanol–water partition coefficient (Wildman–Crippen LogP) is 5.47. The van der Waals surface area contributed by atoms with Crippen LogP contribution in [-0.4, -0.2) is 64.8 Å². The molecule has 1 spiro atoms. The standard InChI is InChI=1S/C37H46N2O6/c1-7-9-10-14-20-44-35(43)31-30-33(41)39(29(23-40)27-15-12-11-13-16-27)32(37(30)22-26(5)36(31,6)45-37)34(42)38(19-8-2)28-21-24(3)17-18-25(28)4/h7-8,11-13,15-18,21,26,29-32,40H,1-2,9-10,14,19-20,22-23H2,3-6H3/t26?,29-,30+,31-,32?,36+,37?/m1/s1. The molecule has 0 aromatic heterocycles. The van der Waals surface area contributed by atoms with E-state index in [9.17, 15) is 14.7 Å². The third kappa shape index (κ3) is 5.42. The highest BCUT2D eigenvalue weighted by atomic mass is 16.6. The third-order valence-corrected chi connectivity index (χ3v) is 10.2. The maximum absolute atomic E-state index is 15.1. The van der Waals surface area contributed by atoms with Crippen molar-refractivity contribution in [1.82, 2.24) is 4.90 Å². The summed E-state index contributed by atoms with van der Waals surface area (Å²) in [6, 6.07) is 13.2. The number of allylic oxidation sites excluding steroid dienone is 1. The number of hydrogen-bond donors (Lipinski definition) is 1. The zero-order valence-electron chi connectivity index (χ0n) is 26.9. The van der Waals surface area contributed by atoms with Crippen molar-refractivity contribution < 1.29 is 29.0 Å². The smallest absolute Gasteiger partial charge is 0.312 e. The van der Waals surface area contributed by atoms with Crippen LogP contribution in [-0.2, 0) is 23.9 Å². The van der Waals surface area contributed by atoms with E-state index in [1.807, 2.05) is 82.3 Å². The number of unbranched alkanes of at least 4 members (excludes halogenated alkanes) is 2. The van der Waals surface area contributed by atoms with E-state index in [0.717, 1.165) is 29.7 Å². The SMILES string of the molecule is C=CCCCCOC(=O)[C@H]1[C@H]2C(=O)N([C@H](CO)c3ccccc3)C(C(=O)N(CC=C)c3cc(C)ccc3C)C23CC(C)[C@]1(C)O3. The zero-order chi connectivity index (χ0) is 32.5. The fraction of sp³-hybridized carbons (Fsp3) is 0.486. The Morgan fingerprint density at radius 3 is 2.56 bits per heavy atom. The van der Waals surface area contributed by atoms with Crippen molar-refractivity contribution in [3.05, 3.63) is 90.5 Å². The minimum absolute atomic E-state index is 0.132. The van der Waals surface area contributed by atoms with Gasteiger partial charge >= 0.3 is 5.97 Å². The number of aliphatic hydroxyl groups is 1. The molecule has 7 atom stereocenters. The van der Waals surface area contributed by atoms with Gasteiger partial charge in [-0.25, -0.2) is 0 Å². The second-order valence-electron chi connectivity index (χ2n) is 13.0. The van der Waals surface area contributed by atoms with Crippen LogP contribution < -0.4 is 4.90 Å². The van der Waals surface area contributed by atoms with Crippen LogP contribution in [0.5, 0.6) is 0 Å². The molecule has 3 saturated heterocycles. The summed E-state index contributed by atoms with van der Waals surface area (Å²) in [5.74, 6) is -3.14. The van der Waals surface area contributed by atoms with Gasteiger partial charge < -0.3 is 24.4 Å². The molecule has 3 unspecified atom stereocenters. The van der Waals surface area contributed by atoms with Crippen LogP contribution in [0.4, 0.5) is 5.69 Å². The third-order valence-electron chi connectivity index (χ3n) is 10.2. The first-order valence-electron chi connectivity index (χ1n) is 16.0. The summed E-state index contributed by atoms with van der Waals surface area (Å²) in [4.78, 5) is 46.9. The maximum atomic E-state index is 15.1. The first-order chi connectivity index (χ1) is 21.5. The molecule has 2 aromatic rings. The quantitative estimate of drug-likeness (QED) is 0.183. The first-order valence-corrected chi connectivity index (χ1v) is 16.0. The molecule has 3 aliphatic rings. The van der Waals surface area contributed by atoms with Gasteiger partial charge in [-0.15, -0.1) is 13.2 Å². The van der Waals surface area contributed by atoms with Gasteiger partial charge in [0.05, 0.1) is 30.8 Å². The number of nitrogens with zero attached hydrogens (tertiary/aromatic N) is 2. The van der Waals surface area contributed by atoms with Gasteiger partial charge in [-0.2, -0.15) is 0 Å². The van der Waals surface area contributed by atoms with Crippen molar-refractivity contribution in [2.24, 2.45) is 17.8 Å². The van der Waals surface area contributed by atoms with Crippen LogP contribution in [0.1, 0.15) is 62.3 Å². The number of likely N-dealkylation sites (tertiary alicyclic amines) is 1. The first kappa shape index (κ1) is 32.6. The van der Waals surface area contributed by atoms with Crippen LogP contribution in [0.2, 0.25) is 0 Å². The number of carbonyl (C=O) groups excluding carboxylic acids is 3. The lowest BCUT2D eigenvalue weighted by atomic mass is 9.62. The number of amides is 2. The van der Waals surface area contributed by atoms with Gasteiger partial charge in [0.2, 0.25) is 5.91 Å². The van der Waals surface area contributed by atoms with Crippen molar-refractivity contribution in [3.63, 3.8) is 0 Å². The molecule has 45 heavy (non-hydrogen) atoms. The topological polar surface area (TPSA) is 96.4 Å². The number of carbonyl (C=O) groups is 3. The lowest BCUT2D eigenvalue weighted by Crippen LogP contribution is -2.57. The Balaban J connectivity index is 1.63. The number of benzene rings is 2. The van der Waals surface area contributed by atoms with Gasteiger partial charge in [0.15, 0.2) is 0 Å². The molecule has 3 fully saturated rings. The van der Waals surface area contributed by atoms with E-state index in [1.165, 1.54) is 4.90 Å². The van der Waals surface area contributed by atoms with Gasteiger partial charge in [-0.1, -0.05) is 61.5 Å². The average molecular weight is 615 g/mol. The van der Waals surface area contributed by atoms with Gasteiger partial charge in [0.25, 0.3) is 5.91 Å². The molecular formula is C37H46N2O6. The second-order valence-corrected chi connectivity index (χ2v) is 13.0. The Hall–Kier alpha value is -3.75. The van der Waals surface area contributed by atoms with E-state index >= 15 is 4.79 Å². The van der Waals surface area contributed by atoms with E-state index in [4.69, 9.17) is 9.47 Å². The van der Waals surface area contributed by atoms with Crippen LogP contribution in [0.15, 0.2) is 73.8 Å². The summed E-state index contributed by atoms with van der Waals surface area (Å²) in [7, 11) is 0. The number of fused-ring (bicyclic) bond motifs is 1. The highest BCUT2D eigenvalue weighted by Gasteiger charge is 2.81. The van der Waals surface area contributed by atoms with Crippen LogP contribution in [0.3, 0.4) is 0 Å². The maximum Gasteiger partial charge on any atom is 0.312 e.